The molecular formula is C12H13F2NO5S. The maximum absolute atomic E-state index is 12.3. The number of sulfone groups is 1. The number of halogens is 2. The highest BCUT2D eigenvalue weighted by Gasteiger charge is 2.26. The van der Waals surface area contributed by atoms with E-state index in [1.807, 2.05) is 0 Å². The number of hydrogen-bond acceptors (Lipinski definition) is 4. The number of carbonyl (C=O) groups excluding carboxylic acids is 1. The molecule has 116 valence electrons. The zero-order valence-electron chi connectivity index (χ0n) is 10.9. The van der Waals surface area contributed by atoms with Gasteiger partial charge in [0.15, 0.2) is 0 Å². The van der Waals surface area contributed by atoms with Crippen LogP contribution in [0.3, 0.4) is 0 Å². The minimum Gasteiger partial charge on any atom is -0.481 e. The van der Waals surface area contributed by atoms with Gasteiger partial charge in [0, 0.05) is 11.6 Å². The molecule has 6 nitrogen and oxygen atoms in total. The summed E-state index contributed by atoms with van der Waals surface area (Å²) < 4.78 is 47.0. The van der Waals surface area contributed by atoms with E-state index < -0.39 is 38.4 Å². The molecule has 1 aromatic rings. The van der Waals surface area contributed by atoms with Crippen molar-refractivity contribution in [2.45, 2.75) is 30.0 Å². The lowest BCUT2D eigenvalue weighted by molar-refractivity contribution is -0.137. The molecule has 9 heteroatoms. The maximum Gasteiger partial charge on any atom is 0.341 e. The van der Waals surface area contributed by atoms with E-state index in [4.69, 9.17) is 5.11 Å². The zero-order valence-corrected chi connectivity index (χ0v) is 11.7. The first-order valence-corrected chi connectivity index (χ1v) is 7.34. The van der Waals surface area contributed by atoms with Crippen LogP contribution >= 0.6 is 0 Å². The summed E-state index contributed by atoms with van der Waals surface area (Å²) in [7, 11) is -4.70. The fourth-order valence-corrected chi connectivity index (χ4v) is 2.24. The average Bonchev–Trinajstić information content (AvgIpc) is 2.37. The predicted octanol–water partition coefficient (Wildman–Crippen LogP) is 1.28. The van der Waals surface area contributed by atoms with Crippen molar-refractivity contribution in [3.63, 3.8) is 0 Å². The summed E-state index contributed by atoms with van der Waals surface area (Å²) >= 11 is 0. The molecule has 0 heterocycles. The number of nitrogens with one attached hydrogen (secondary N) is 1. The molecule has 2 N–H and O–H groups in total. The highest BCUT2D eigenvalue weighted by molar-refractivity contribution is 7.91. The monoisotopic (exact) mass is 321 g/mol. The Hall–Kier alpha value is -2.03. The molecule has 21 heavy (non-hydrogen) atoms. The van der Waals surface area contributed by atoms with Crippen LogP contribution in [-0.2, 0) is 14.6 Å². The number of hydrogen-bond donors (Lipinski definition) is 2. The van der Waals surface area contributed by atoms with Crippen LogP contribution in [-0.4, -0.2) is 37.2 Å². The Bertz CT molecular complexity index is 628. The molecule has 1 rings (SSSR count). The second-order valence-corrected chi connectivity index (χ2v) is 6.22. The summed E-state index contributed by atoms with van der Waals surface area (Å²) in [6, 6.07) is 3.34. The van der Waals surface area contributed by atoms with Crippen molar-refractivity contribution < 1.29 is 31.9 Å². The molecule has 0 bridgehead atoms. The lowest BCUT2D eigenvalue weighted by Gasteiger charge is -2.11. The number of rotatable bonds is 6. The van der Waals surface area contributed by atoms with Gasteiger partial charge in [0.1, 0.15) is 0 Å². The van der Waals surface area contributed by atoms with Crippen molar-refractivity contribution in [1.82, 2.24) is 5.32 Å². The normalized spacial score (nSPS) is 13.0. The second-order valence-electron chi connectivity index (χ2n) is 4.30. The van der Waals surface area contributed by atoms with Gasteiger partial charge in [-0.25, -0.2) is 8.42 Å². The number of carbonyl (C=O) groups is 2. The third kappa shape index (κ3) is 4.48. The van der Waals surface area contributed by atoms with Gasteiger partial charge in [-0.2, -0.15) is 8.78 Å². The van der Waals surface area contributed by atoms with Crippen LogP contribution in [0.5, 0.6) is 0 Å². The molecule has 0 fully saturated rings. The summed E-state index contributed by atoms with van der Waals surface area (Å²) in [6.07, 6.45) is -0.274. The van der Waals surface area contributed by atoms with Crippen LogP contribution in [0.2, 0.25) is 0 Å². The Morgan fingerprint density at radius 1 is 1.24 bits per heavy atom. The molecule has 1 atom stereocenters. The van der Waals surface area contributed by atoms with Crippen LogP contribution in [0.1, 0.15) is 23.7 Å². The molecule has 1 unspecified atom stereocenters. The van der Waals surface area contributed by atoms with E-state index in [2.05, 4.69) is 5.32 Å². The molecule has 0 aliphatic rings. The summed E-state index contributed by atoms with van der Waals surface area (Å²) in [5.74, 6) is -5.24. The van der Waals surface area contributed by atoms with Gasteiger partial charge in [-0.3, -0.25) is 9.59 Å². The largest absolute Gasteiger partial charge is 0.481 e. The van der Waals surface area contributed by atoms with Gasteiger partial charge in [-0.05, 0) is 31.2 Å². The minimum absolute atomic E-state index is 0.0421. The van der Waals surface area contributed by atoms with Crippen molar-refractivity contribution in [1.29, 1.82) is 0 Å². The SMILES string of the molecule is CC(CC(=O)O)NC(=O)c1ccc(S(=O)(=O)C(F)F)cc1. The van der Waals surface area contributed by atoms with Crippen LogP contribution < -0.4 is 5.32 Å². The molecule has 1 amide bonds. The van der Waals surface area contributed by atoms with Crippen molar-refractivity contribution in [3.05, 3.63) is 29.8 Å². The Balaban J connectivity index is 2.83. The van der Waals surface area contributed by atoms with E-state index in [1.165, 1.54) is 6.92 Å². The highest BCUT2D eigenvalue weighted by Crippen LogP contribution is 2.18. The molecule has 0 radical (unpaired) electrons. The van der Waals surface area contributed by atoms with Crippen LogP contribution in [0.4, 0.5) is 8.78 Å². The zero-order chi connectivity index (χ0) is 16.2. The average molecular weight is 321 g/mol. The van der Waals surface area contributed by atoms with Crippen molar-refractivity contribution in [2.24, 2.45) is 0 Å². The molecule has 0 aliphatic carbocycles. The first-order valence-electron chi connectivity index (χ1n) is 5.79. The number of benzene rings is 1. The third-order valence-electron chi connectivity index (χ3n) is 2.54. The van der Waals surface area contributed by atoms with E-state index in [9.17, 15) is 26.8 Å². The summed E-state index contributed by atoms with van der Waals surface area (Å²) in [5.41, 5.74) is 0.0421. The number of aliphatic carboxylic acids is 1. The van der Waals surface area contributed by atoms with Gasteiger partial charge in [0.25, 0.3) is 5.91 Å². The molecule has 0 aliphatic heterocycles. The van der Waals surface area contributed by atoms with Gasteiger partial charge < -0.3 is 10.4 Å². The third-order valence-corrected chi connectivity index (χ3v) is 3.94. The van der Waals surface area contributed by atoms with Gasteiger partial charge in [-0.1, -0.05) is 0 Å². The van der Waals surface area contributed by atoms with E-state index in [0.717, 1.165) is 24.3 Å². The Morgan fingerprint density at radius 3 is 2.19 bits per heavy atom. The maximum atomic E-state index is 12.3. The fourth-order valence-electron chi connectivity index (χ4n) is 1.52. The summed E-state index contributed by atoms with van der Waals surface area (Å²) in [5, 5.41) is 10.9. The topological polar surface area (TPSA) is 101 Å². The van der Waals surface area contributed by atoms with Gasteiger partial charge in [-0.15, -0.1) is 0 Å². The first-order chi connectivity index (χ1) is 9.64. The van der Waals surface area contributed by atoms with Crippen molar-refractivity contribution >= 4 is 21.7 Å². The molecule has 0 saturated heterocycles. The lowest BCUT2D eigenvalue weighted by atomic mass is 10.2. The fraction of sp³-hybridized carbons (Fsp3) is 0.333. The van der Waals surface area contributed by atoms with Crippen LogP contribution in [0, 0.1) is 0 Å². The van der Waals surface area contributed by atoms with Gasteiger partial charge in [0.2, 0.25) is 9.84 Å². The summed E-state index contributed by atoms with van der Waals surface area (Å²) in [4.78, 5) is 21.6. The number of amides is 1. The van der Waals surface area contributed by atoms with E-state index in [-0.39, 0.29) is 12.0 Å². The molecule has 0 spiro atoms. The Kier molecular flexibility index (Phi) is 5.36. The number of carboxylic acid groups (broad SMARTS) is 1. The Labute approximate surface area is 119 Å². The standard InChI is InChI=1S/C12H13F2NO5S/c1-7(6-10(16)17)15-11(18)8-2-4-9(5-3-8)21(19,20)12(13)14/h2-5,7,12H,6H2,1H3,(H,15,18)(H,16,17). The highest BCUT2D eigenvalue weighted by atomic mass is 32.2. The van der Waals surface area contributed by atoms with Crippen LogP contribution in [0.25, 0.3) is 0 Å². The lowest BCUT2D eigenvalue weighted by Crippen LogP contribution is -2.34. The van der Waals surface area contributed by atoms with E-state index in [0.29, 0.717) is 0 Å². The molecular weight excluding hydrogens is 308 g/mol. The number of alkyl halides is 2. The number of carboxylic acids is 1. The van der Waals surface area contributed by atoms with E-state index >= 15 is 0 Å². The first kappa shape index (κ1) is 17.0. The minimum atomic E-state index is -4.70. The quantitative estimate of drug-likeness (QED) is 0.822. The predicted molar refractivity (Wildman–Crippen MR) is 68.8 cm³/mol. The van der Waals surface area contributed by atoms with Crippen molar-refractivity contribution in [2.75, 3.05) is 0 Å². The van der Waals surface area contributed by atoms with Gasteiger partial charge in [0.05, 0.1) is 11.3 Å². The van der Waals surface area contributed by atoms with Gasteiger partial charge >= 0.3 is 11.7 Å². The Morgan fingerprint density at radius 2 is 1.76 bits per heavy atom. The molecule has 0 saturated carbocycles. The molecule has 1 aromatic carbocycles. The second kappa shape index (κ2) is 6.61. The molecule has 0 aromatic heterocycles. The smallest absolute Gasteiger partial charge is 0.341 e. The van der Waals surface area contributed by atoms with E-state index in [1.54, 1.807) is 0 Å². The summed E-state index contributed by atoms with van der Waals surface area (Å²) in [6.45, 7) is 1.49. The van der Waals surface area contributed by atoms with Crippen molar-refractivity contribution in [3.8, 4) is 0 Å². The van der Waals surface area contributed by atoms with Crippen LogP contribution in [0.15, 0.2) is 29.2 Å².